The Morgan fingerprint density at radius 1 is 1.02 bits per heavy atom. The van der Waals surface area contributed by atoms with Gasteiger partial charge in [0.15, 0.2) is 17.7 Å². The van der Waals surface area contributed by atoms with Crippen LogP contribution in [0, 0.1) is 12.3 Å². The summed E-state index contributed by atoms with van der Waals surface area (Å²) in [6.45, 7) is 7.49. The molecule has 3 N–H and O–H groups in total. The molecule has 260 valence electrons. The molecule has 4 heterocycles. The van der Waals surface area contributed by atoms with E-state index in [1.807, 2.05) is 26.0 Å². The number of halogens is 1. The summed E-state index contributed by atoms with van der Waals surface area (Å²) in [5.41, 5.74) is 1.89. The predicted molar refractivity (Wildman–Crippen MR) is 173 cm³/mol. The summed E-state index contributed by atoms with van der Waals surface area (Å²) in [5.74, 6) is 1.84. The number of amides is 1. The highest BCUT2D eigenvalue weighted by atomic mass is 35.5. The lowest BCUT2D eigenvalue weighted by atomic mass is 10.1. The number of carbonyl (C=O) groups excluding carboxylic acids is 1. The van der Waals surface area contributed by atoms with E-state index in [0.717, 1.165) is 5.56 Å². The fourth-order valence-electron chi connectivity index (χ4n) is 5.31. The van der Waals surface area contributed by atoms with Gasteiger partial charge in [0.05, 0.1) is 64.4 Å². The number of nitrogens with one attached hydrogen (secondary N) is 2. The third-order valence-corrected chi connectivity index (χ3v) is 7.65. The van der Waals surface area contributed by atoms with Gasteiger partial charge in [-0.3, -0.25) is 4.79 Å². The highest BCUT2D eigenvalue weighted by Gasteiger charge is 2.56. The first-order valence-corrected chi connectivity index (χ1v) is 16.1. The van der Waals surface area contributed by atoms with E-state index in [2.05, 4.69) is 31.6 Å². The van der Waals surface area contributed by atoms with E-state index in [4.69, 9.17) is 51.2 Å². The number of fused-ring (bicyclic) bond motifs is 2. The SMILES string of the molecule is C#CCOCCOCCOCCOCCNC(=O)c1ccc(CNc2nc(Cl)nc3c2cnn3[C@@H]2O[C@H](CO)[C@H]3OC(C)(C)O[C@H]32)cc1. The summed E-state index contributed by atoms with van der Waals surface area (Å²) in [4.78, 5) is 21.3. The van der Waals surface area contributed by atoms with Crippen molar-refractivity contribution >= 4 is 34.4 Å². The zero-order valence-electron chi connectivity index (χ0n) is 26.9. The fraction of sp³-hybridized carbons (Fsp3) is 0.562. The molecule has 0 saturated carbocycles. The molecule has 2 aliphatic rings. The number of nitrogens with zero attached hydrogens (tertiary/aromatic N) is 4. The maximum absolute atomic E-state index is 12.6. The van der Waals surface area contributed by atoms with E-state index in [0.29, 0.717) is 81.8 Å². The molecule has 2 aliphatic heterocycles. The van der Waals surface area contributed by atoms with Crippen molar-refractivity contribution in [2.45, 2.75) is 50.7 Å². The van der Waals surface area contributed by atoms with Gasteiger partial charge in [-0.15, -0.1) is 6.42 Å². The number of anilines is 1. The molecule has 0 spiro atoms. The van der Waals surface area contributed by atoms with Crippen molar-refractivity contribution in [2.24, 2.45) is 0 Å². The van der Waals surface area contributed by atoms with Gasteiger partial charge >= 0.3 is 0 Å². The molecule has 1 amide bonds. The number of aromatic nitrogens is 4. The Kier molecular flexibility index (Phi) is 12.9. The second-order valence-electron chi connectivity index (χ2n) is 11.4. The maximum Gasteiger partial charge on any atom is 0.251 e. The highest BCUT2D eigenvalue weighted by Crippen LogP contribution is 2.43. The Bertz CT molecular complexity index is 1530. The number of terminal acetylenes is 1. The first-order chi connectivity index (χ1) is 23.3. The summed E-state index contributed by atoms with van der Waals surface area (Å²) < 4.78 is 41.1. The molecule has 4 atom stereocenters. The van der Waals surface area contributed by atoms with Crippen LogP contribution < -0.4 is 10.6 Å². The minimum Gasteiger partial charge on any atom is -0.394 e. The van der Waals surface area contributed by atoms with E-state index >= 15 is 0 Å². The molecule has 0 unspecified atom stereocenters. The Morgan fingerprint density at radius 3 is 2.38 bits per heavy atom. The van der Waals surface area contributed by atoms with Gasteiger partial charge in [-0.1, -0.05) is 18.1 Å². The minimum atomic E-state index is -0.829. The van der Waals surface area contributed by atoms with Crippen molar-refractivity contribution in [1.82, 2.24) is 25.1 Å². The maximum atomic E-state index is 12.6. The molecule has 3 aromatic rings. The van der Waals surface area contributed by atoms with Crippen LogP contribution >= 0.6 is 11.6 Å². The molecule has 48 heavy (non-hydrogen) atoms. The summed E-state index contributed by atoms with van der Waals surface area (Å²) in [5, 5.41) is 21.2. The molecule has 0 bridgehead atoms. The van der Waals surface area contributed by atoms with Gasteiger partial charge in [-0.2, -0.15) is 15.1 Å². The number of rotatable bonds is 19. The quantitative estimate of drug-likeness (QED) is 0.0950. The van der Waals surface area contributed by atoms with E-state index in [9.17, 15) is 9.90 Å². The summed E-state index contributed by atoms with van der Waals surface area (Å²) in [6, 6.07) is 7.21. The van der Waals surface area contributed by atoms with Gasteiger partial charge in [-0.25, -0.2) is 4.68 Å². The smallest absolute Gasteiger partial charge is 0.251 e. The van der Waals surface area contributed by atoms with E-state index in [1.165, 1.54) is 0 Å². The summed E-state index contributed by atoms with van der Waals surface area (Å²) in [7, 11) is 0. The zero-order chi connectivity index (χ0) is 33.9. The van der Waals surface area contributed by atoms with Crippen LogP contribution in [0.1, 0.15) is 36.0 Å². The Labute approximate surface area is 283 Å². The second-order valence-corrected chi connectivity index (χ2v) is 11.7. The molecule has 5 rings (SSSR count). The lowest BCUT2D eigenvalue weighted by Gasteiger charge is -2.23. The second kappa shape index (κ2) is 17.3. The third-order valence-electron chi connectivity index (χ3n) is 7.48. The first kappa shape index (κ1) is 35.9. The van der Waals surface area contributed by atoms with Crippen LogP contribution in [0.3, 0.4) is 0 Å². The van der Waals surface area contributed by atoms with Crippen LogP contribution in [0.2, 0.25) is 5.28 Å². The van der Waals surface area contributed by atoms with E-state index in [1.54, 1.807) is 23.0 Å². The van der Waals surface area contributed by atoms with E-state index in [-0.39, 0.29) is 24.4 Å². The fourth-order valence-corrected chi connectivity index (χ4v) is 5.48. The topological polar surface area (TPSA) is 170 Å². The van der Waals surface area contributed by atoms with Crippen LogP contribution in [0.15, 0.2) is 30.5 Å². The van der Waals surface area contributed by atoms with Crippen molar-refractivity contribution in [3.8, 4) is 12.3 Å². The lowest BCUT2D eigenvalue weighted by molar-refractivity contribution is -0.201. The number of benzene rings is 1. The van der Waals surface area contributed by atoms with Gasteiger partial charge in [-0.05, 0) is 43.1 Å². The molecule has 0 aliphatic carbocycles. The number of ether oxygens (including phenoxy) is 7. The highest BCUT2D eigenvalue weighted by molar-refractivity contribution is 6.28. The van der Waals surface area contributed by atoms with Gasteiger partial charge in [0, 0.05) is 18.7 Å². The average molecular weight is 689 g/mol. The van der Waals surface area contributed by atoms with Crippen molar-refractivity contribution in [2.75, 3.05) is 71.3 Å². The number of hydrogen-bond acceptors (Lipinski definition) is 13. The number of hydrogen-bond donors (Lipinski definition) is 3. The summed E-state index contributed by atoms with van der Waals surface area (Å²) >= 11 is 6.31. The largest absolute Gasteiger partial charge is 0.394 e. The van der Waals surface area contributed by atoms with Gasteiger partial charge in [0.1, 0.15) is 30.7 Å². The van der Waals surface area contributed by atoms with Crippen molar-refractivity contribution < 1.29 is 43.1 Å². The molecule has 2 fully saturated rings. The van der Waals surface area contributed by atoms with Crippen molar-refractivity contribution in [3.63, 3.8) is 0 Å². The Morgan fingerprint density at radius 2 is 1.69 bits per heavy atom. The Balaban J connectivity index is 1.04. The van der Waals surface area contributed by atoms with Crippen LogP contribution in [-0.4, -0.2) is 121 Å². The lowest BCUT2D eigenvalue weighted by Crippen LogP contribution is -2.31. The minimum absolute atomic E-state index is 0.0246. The monoisotopic (exact) mass is 688 g/mol. The summed E-state index contributed by atoms with van der Waals surface area (Å²) in [6.07, 6.45) is 4.51. The van der Waals surface area contributed by atoms with Crippen LogP contribution in [-0.2, 0) is 39.7 Å². The molecule has 1 aromatic carbocycles. The number of aliphatic hydroxyl groups is 1. The molecule has 15 nitrogen and oxygen atoms in total. The average Bonchev–Trinajstić information content (AvgIpc) is 3.74. The van der Waals surface area contributed by atoms with Crippen LogP contribution in [0.4, 0.5) is 5.82 Å². The molecular formula is C32H41ClN6O9. The van der Waals surface area contributed by atoms with Crippen molar-refractivity contribution in [1.29, 1.82) is 0 Å². The van der Waals surface area contributed by atoms with Crippen molar-refractivity contribution in [3.05, 3.63) is 46.9 Å². The van der Waals surface area contributed by atoms with Gasteiger partial charge in [0.2, 0.25) is 5.28 Å². The predicted octanol–water partition coefficient (Wildman–Crippen LogP) is 1.93. The van der Waals surface area contributed by atoms with E-state index < -0.39 is 30.3 Å². The normalized spacial score (nSPS) is 21.3. The molecule has 2 aromatic heterocycles. The molecular weight excluding hydrogens is 648 g/mol. The number of aliphatic hydroxyl groups excluding tert-OH is 1. The molecule has 16 heteroatoms. The molecule has 2 saturated heterocycles. The first-order valence-electron chi connectivity index (χ1n) is 15.7. The molecule has 0 radical (unpaired) electrons. The zero-order valence-corrected chi connectivity index (χ0v) is 27.7. The van der Waals surface area contributed by atoms with Gasteiger partial charge in [0.25, 0.3) is 5.91 Å². The van der Waals surface area contributed by atoms with Crippen LogP contribution in [0.25, 0.3) is 11.0 Å². The number of carbonyl (C=O) groups is 1. The standard InChI is InChI=1S/C32H41ClN6O9/c1-4-10-42-12-14-44-16-17-45-15-13-43-11-9-34-29(41)22-7-5-21(6-8-22)18-35-27-23-19-36-39(28(23)38-31(33)37-27)30-26-25(24(20-40)46-30)47-32(2,3)48-26/h1,5-8,19,24-26,30,40H,9-18,20H2,2-3H3,(H,34,41)(H,35,37,38)/t24-,25-,26-,30-/m1/s1. The third kappa shape index (κ3) is 9.38. The Hall–Kier alpha value is -3.43. The van der Waals surface area contributed by atoms with Crippen LogP contribution in [0.5, 0.6) is 0 Å². The van der Waals surface area contributed by atoms with Gasteiger partial charge < -0.3 is 48.9 Å².